The van der Waals surface area contributed by atoms with E-state index in [4.69, 9.17) is 0 Å². The molecule has 0 saturated carbocycles. The van der Waals surface area contributed by atoms with Crippen LogP contribution in [-0.4, -0.2) is 19.7 Å². The van der Waals surface area contributed by atoms with Gasteiger partial charge in [0.2, 0.25) is 0 Å². The number of nitrogens with one attached hydrogen (secondary N) is 2. The summed E-state index contributed by atoms with van der Waals surface area (Å²) in [7, 11) is 1.88. The van der Waals surface area contributed by atoms with E-state index >= 15 is 0 Å². The number of halogens is 1. The van der Waals surface area contributed by atoms with Crippen molar-refractivity contribution in [3.8, 4) is 0 Å². The molecule has 126 valence electrons. The van der Waals surface area contributed by atoms with Crippen LogP contribution in [-0.2, 0) is 7.05 Å². The minimum Gasteiger partial charge on any atom is -0.361 e. The smallest absolute Gasteiger partial charge is 0.126 e. The zero-order valence-corrected chi connectivity index (χ0v) is 14.0. The van der Waals surface area contributed by atoms with E-state index in [1.54, 1.807) is 23.0 Å². The van der Waals surface area contributed by atoms with E-state index < -0.39 is 0 Å². The van der Waals surface area contributed by atoms with E-state index in [2.05, 4.69) is 20.4 Å². The van der Waals surface area contributed by atoms with Gasteiger partial charge in [0.05, 0.1) is 12.2 Å². The van der Waals surface area contributed by atoms with Gasteiger partial charge >= 0.3 is 0 Å². The van der Waals surface area contributed by atoms with Crippen LogP contribution in [0.25, 0.3) is 10.9 Å². The second-order valence-corrected chi connectivity index (χ2v) is 6.18. The van der Waals surface area contributed by atoms with Gasteiger partial charge in [-0.2, -0.15) is 5.10 Å². The highest BCUT2D eigenvalue weighted by atomic mass is 19.1. The molecule has 0 aliphatic carbocycles. The molecular formula is C19H18FN5. The number of hydrogen-bond donors (Lipinski definition) is 2. The zero-order chi connectivity index (χ0) is 17.4. The van der Waals surface area contributed by atoms with Crippen LogP contribution in [0.3, 0.4) is 0 Å². The van der Waals surface area contributed by atoms with Crippen LogP contribution in [0.5, 0.6) is 0 Å². The molecule has 0 spiro atoms. The largest absolute Gasteiger partial charge is 0.361 e. The van der Waals surface area contributed by atoms with Crippen molar-refractivity contribution in [2.24, 2.45) is 7.05 Å². The lowest BCUT2D eigenvalue weighted by Crippen LogP contribution is -2.12. The molecule has 3 heterocycles. The van der Waals surface area contributed by atoms with Crippen molar-refractivity contribution in [1.82, 2.24) is 19.7 Å². The van der Waals surface area contributed by atoms with Crippen molar-refractivity contribution in [3.05, 3.63) is 77.6 Å². The minimum absolute atomic E-state index is 0.196. The molecule has 5 nitrogen and oxygen atoms in total. The minimum atomic E-state index is -0.257. The van der Waals surface area contributed by atoms with Gasteiger partial charge in [0.1, 0.15) is 11.6 Å². The molecule has 2 N–H and O–H groups in total. The van der Waals surface area contributed by atoms with Crippen molar-refractivity contribution in [3.63, 3.8) is 0 Å². The van der Waals surface area contributed by atoms with Crippen LogP contribution < -0.4 is 5.32 Å². The first-order valence-electron chi connectivity index (χ1n) is 8.04. The predicted octanol–water partition coefficient (Wildman–Crippen LogP) is 3.95. The molecular weight excluding hydrogens is 317 g/mol. The third-order valence-corrected chi connectivity index (χ3v) is 4.25. The van der Waals surface area contributed by atoms with Crippen molar-refractivity contribution in [1.29, 1.82) is 0 Å². The zero-order valence-electron chi connectivity index (χ0n) is 14.0. The van der Waals surface area contributed by atoms with Crippen LogP contribution >= 0.6 is 0 Å². The lowest BCUT2D eigenvalue weighted by molar-refractivity contribution is 0.629. The van der Waals surface area contributed by atoms with Gasteiger partial charge in [0.15, 0.2) is 0 Å². The van der Waals surface area contributed by atoms with Crippen LogP contribution in [0, 0.1) is 12.7 Å². The van der Waals surface area contributed by atoms with Crippen molar-refractivity contribution in [2.45, 2.75) is 13.0 Å². The lowest BCUT2D eigenvalue weighted by atomic mass is 10.0. The number of aromatic amines is 1. The van der Waals surface area contributed by atoms with Crippen molar-refractivity contribution >= 4 is 16.7 Å². The number of aryl methyl sites for hydroxylation is 2. The Bertz CT molecular complexity index is 1030. The molecule has 0 aliphatic heterocycles. The Morgan fingerprint density at radius 2 is 2.12 bits per heavy atom. The highest BCUT2D eigenvalue weighted by Crippen LogP contribution is 2.32. The topological polar surface area (TPSA) is 58.5 Å². The van der Waals surface area contributed by atoms with E-state index in [1.807, 2.05) is 44.7 Å². The molecule has 1 atom stereocenters. The van der Waals surface area contributed by atoms with E-state index in [-0.39, 0.29) is 11.9 Å². The van der Waals surface area contributed by atoms with Crippen molar-refractivity contribution in [2.75, 3.05) is 5.32 Å². The normalized spacial score (nSPS) is 12.4. The molecule has 1 unspecified atom stereocenters. The maximum Gasteiger partial charge on any atom is 0.126 e. The molecule has 6 heteroatoms. The molecule has 0 saturated heterocycles. The summed E-state index contributed by atoms with van der Waals surface area (Å²) in [4.78, 5) is 7.61. The monoisotopic (exact) mass is 335 g/mol. The van der Waals surface area contributed by atoms with Gasteiger partial charge in [-0.15, -0.1) is 0 Å². The fourth-order valence-electron chi connectivity index (χ4n) is 3.05. The summed E-state index contributed by atoms with van der Waals surface area (Å²) in [6.45, 7) is 2.02. The number of benzene rings is 1. The summed E-state index contributed by atoms with van der Waals surface area (Å²) in [6.07, 6.45) is 7.44. The summed E-state index contributed by atoms with van der Waals surface area (Å²) >= 11 is 0. The lowest BCUT2D eigenvalue weighted by Gasteiger charge is -2.18. The van der Waals surface area contributed by atoms with E-state index in [9.17, 15) is 4.39 Å². The summed E-state index contributed by atoms with van der Waals surface area (Å²) in [5, 5.41) is 8.57. The Balaban J connectivity index is 1.83. The molecule has 0 fully saturated rings. The fourth-order valence-corrected chi connectivity index (χ4v) is 3.05. The third kappa shape index (κ3) is 2.98. The van der Waals surface area contributed by atoms with Gasteiger partial charge < -0.3 is 10.3 Å². The van der Waals surface area contributed by atoms with E-state index in [1.165, 1.54) is 6.07 Å². The van der Waals surface area contributed by atoms with E-state index in [0.717, 1.165) is 33.4 Å². The van der Waals surface area contributed by atoms with Crippen LogP contribution in [0.2, 0.25) is 0 Å². The van der Waals surface area contributed by atoms with Crippen LogP contribution in [0.4, 0.5) is 10.2 Å². The molecule has 25 heavy (non-hydrogen) atoms. The number of pyridine rings is 1. The fraction of sp³-hybridized carbons (Fsp3) is 0.158. The highest BCUT2D eigenvalue weighted by Gasteiger charge is 2.20. The number of hydrogen-bond acceptors (Lipinski definition) is 3. The number of nitrogens with zero attached hydrogens (tertiary/aromatic N) is 3. The standard InChI is InChI=1S/C19H18FN5/c1-12-5-6-21-18(7-12)24-19(13-9-23-25(2)11-13)16-10-22-17-4-3-14(20)8-15(16)17/h3-11,19,22H,1-2H3,(H,21,24). The first-order chi connectivity index (χ1) is 12.1. The van der Waals surface area contributed by atoms with Gasteiger partial charge in [0, 0.05) is 47.7 Å². The molecule has 3 aromatic heterocycles. The first-order valence-corrected chi connectivity index (χ1v) is 8.04. The summed E-state index contributed by atoms with van der Waals surface area (Å²) in [5.41, 5.74) is 3.94. The van der Waals surface area contributed by atoms with E-state index in [0.29, 0.717) is 0 Å². The SMILES string of the molecule is Cc1ccnc(NC(c2cnn(C)c2)c2c[nH]c3ccc(F)cc23)c1. The second kappa shape index (κ2) is 6.05. The predicted molar refractivity (Wildman–Crippen MR) is 95.9 cm³/mol. The molecule has 0 bridgehead atoms. The quantitative estimate of drug-likeness (QED) is 0.594. The van der Waals surface area contributed by atoms with Crippen LogP contribution in [0.1, 0.15) is 22.7 Å². The van der Waals surface area contributed by atoms with Crippen LogP contribution in [0.15, 0.2) is 55.1 Å². The average Bonchev–Trinajstić information content (AvgIpc) is 3.19. The molecule has 1 aromatic carbocycles. The molecule has 4 rings (SSSR count). The number of rotatable bonds is 4. The number of H-pyrrole nitrogens is 1. The number of fused-ring (bicyclic) bond motifs is 1. The number of aromatic nitrogens is 4. The van der Waals surface area contributed by atoms with Gasteiger partial charge in [0.25, 0.3) is 0 Å². The maximum atomic E-state index is 13.8. The molecule has 0 amide bonds. The maximum absolute atomic E-state index is 13.8. The summed E-state index contributed by atoms with van der Waals surface area (Å²) in [6, 6.07) is 8.50. The van der Waals surface area contributed by atoms with Crippen molar-refractivity contribution < 1.29 is 4.39 Å². The summed E-state index contributed by atoms with van der Waals surface area (Å²) < 4.78 is 15.5. The Labute approximate surface area is 144 Å². The third-order valence-electron chi connectivity index (χ3n) is 4.25. The summed E-state index contributed by atoms with van der Waals surface area (Å²) in [5.74, 6) is 0.506. The van der Waals surface area contributed by atoms with Gasteiger partial charge in [-0.05, 0) is 42.8 Å². The van der Waals surface area contributed by atoms with Gasteiger partial charge in [-0.1, -0.05) is 0 Å². The first kappa shape index (κ1) is 15.4. The Hall–Kier alpha value is -3.15. The van der Waals surface area contributed by atoms with Gasteiger partial charge in [-0.3, -0.25) is 4.68 Å². The highest BCUT2D eigenvalue weighted by molar-refractivity contribution is 5.84. The second-order valence-electron chi connectivity index (χ2n) is 6.18. The molecule has 4 aromatic rings. The average molecular weight is 335 g/mol. The Morgan fingerprint density at radius 1 is 1.24 bits per heavy atom. The Morgan fingerprint density at radius 3 is 2.88 bits per heavy atom. The molecule has 0 aliphatic rings. The molecule has 0 radical (unpaired) electrons. The van der Waals surface area contributed by atoms with Gasteiger partial charge in [-0.25, -0.2) is 9.37 Å². The number of anilines is 1. The Kier molecular flexibility index (Phi) is 3.72.